The average Bonchev–Trinajstić information content (AvgIpc) is 2.67. The summed E-state index contributed by atoms with van der Waals surface area (Å²) in [5, 5.41) is 0.122. The van der Waals surface area contributed by atoms with Crippen LogP contribution in [-0.4, -0.2) is 23.3 Å². The first kappa shape index (κ1) is 19.9. The molecule has 0 atom stereocenters. The number of carbonyl (C=O) groups excluding carboxylic acids is 2. The van der Waals surface area contributed by atoms with Gasteiger partial charge in [0.25, 0.3) is 0 Å². The molecule has 0 bridgehead atoms. The zero-order valence-corrected chi connectivity index (χ0v) is 15.6. The van der Waals surface area contributed by atoms with Crippen LogP contribution >= 0.6 is 23.2 Å². The molecule has 0 fully saturated rings. The number of ketones is 1. The normalized spacial score (nSPS) is 10.3. The summed E-state index contributed by atoms with van der Waals surface area (Å²) in [7, 11) is 0. The van der Waals surface area contributed by atoms with E-state index in [-0.39, 0.29) is 40.4 Å². The van der Waals surface area contributed by atoms with Crippen molar-refractivity contribution in [1.82, 2.24) is 4.98 Å². The molecule has 0 aliphatic rings. The highest BCUT2D eigenvalue weighted by molar-refractivity contribution is 6.45. The van der Waals surface area contributed by atoms with Gasteiger partial charge < -0.3 is 9.47 Å². The largest absolute Gasteiger partial charge is 0.480 e. The number of esters is 1. The molecule has 26 heavy (non-hydrogen) atoms. The fraction of sp³-hybridized carbons (Fsp3) is 0.211. The maximum Gasteiger partial charge on any atom is 0.344 e. The Morgan fingerprint density at radius 1 is 1.12 bits per heavy atom. The fourth-order valence-electron chi connectivity index (χ4n) is 1.99. The Morgan fingerprint density at radius 3 is 2.46 bits per heavy atom. The molecule has 1 aromatic carbocycles. The molecule has 2 aromatic rings. The number of Topliss-reactive ketones (excluding diaryl/α,β-unsaturated/α-hetero) is 1. The Bertz CT molecular complexity index is 822. The van der Waals surface area contributed by atoms with Crippen LogP contribution in [0.15, 0.2) is 48.8 Å². The third kappa shape index (κ3) is 5.07. The van der Waals surface area contributed by atoms with Crippen LogP contribution in [0, 0.1) is 0 Å². The zero-order valence-electron chi connectivity index (χ0n) is 14.1. The van der Waals surface area contributed by atoms with Gasteiger partial charge in [0, 0.05) is 18.0 Å². The molecular formula is C19H17Cl2NO4. The van der Waals surface area contributed by atoms with E-state index < -0.39 is 5.97 Å². The lowest BCUT2D eigenvalue weighted by atomic mass is 10.0. The van der Waals surface area contributed by atoms with Gasteiger partial charge in [-0.1, -0.05) is 36.7 Å². The van der Waals surface area contributed by atoms with Gasteiger partial charge in [-0.3, -0.25) is 9.78 Å². The van der Waals surface area contributed by atoms with Gasteiger partial charge in [0.2, 0.25) is 0 Å². The second-order valence-corrected chi connectivity index (χ2v) is 6.09. The third-order valence-electron chi connectivity index (χ3n) is 3.53. The number of rotatable bonds is 8. The quantitative estimate of drug-likeness (QED) is 0.370. The van der Waals surface area contributed by atoms with E-state index in [0.717, 1.165) is 5.56 Å². The van der Waals surface area contributed by atoms with Crippen LogP contribution in [0.2, 0.25) is 10.0 Å². The number of allylic oxidation sites excluding steroid dienone is 1. The number of hydrogen-bond acceptors (Lipinski definition) is 5. The number of ether oxygens (including phenoxy) is 2. The van der Waals surface area contributed by atoms with Crippen LogP contribution in [-0.2, 0) is 16.1 Å². The number of nitrogens with zero attached hydrogens (tertiary/aromatic N) is 1. The van der Waals surface area contributed by atoms with Crippen molar-refractivity contribution in [2.45, 2.75) is 20.0 Å². The highest BCUT2D eigenvalue weighted by Crippen LogP contribution is 2.35. The van der Waals surface area contributed by atoms with Crippen molar-refractivity contribution < 1.29 is 19.1 Å². The van der Waals surface area contributed by atoms with E-state index in [4.69, 9.17) is 32.7 Å². The molecule has 0 saturated carbocycles. The van der Waals surface area contributed by atoms with E-state index in [1.54, 1.807) is 24.5 Å². The lowest BCUT2D eigenvalue weighted by Crippen LogP contribution is -2.15. The molecule has 7 heteroatoms. The number of carbonyl (C=O) groups is 2. The van der Waals surface area contributed by atoms with E-state index in [0.29, 0.717) is 12.0 Å². The highest BCUT2D eigenvalue weighted by atomic mass is 35.5. The molecule has 0 radical (unpaired) electrons. The van der Waals surface area contributed by atoms with Crippen molar-refractivity contribution in [2.75, 3.05) is 6.61 Å². The van der Waals surface area contributed by atoms with E-state index in [9.17, 15) is 9.59 Å². The number of hydrogen-bond donors (Lipinski definition) is 0. The second kappa shape index (κ2) is 9.36. The van der Waals surface area contributed by atoms with Gasteiger partial charge in [0.15, 0.2) is 12.4 Å². The van der Waals surface area contributed by atoms with Gasteiger partial charge >= 0.3 is 5.97 Å². The smallest absolute Gasteiger partial charge is 0.344 e. The lowest BCUT2D eigenvalue weighted by molar-refractivity contribution is -0.147. The minimum Gasteiger partial charge on any atom is -0.480 e. The first-order valence-corrected chi connectivity index (χ1v) is 8.57. The maximum absolute atomic E-state index is 12.2. The van der Waals surface area contributed by atoms with Crippen LogP contribution in [0.25, 0.3) is 0 Å². The predicted molar refractivity (Wildman–Crippen MR) is 99.8 cm³/mol. The topological polar surface area (TPSA) is 65.5 Å². The molecule has 136 valence electrons. The molecule has 5 nitrogen and oxygen atoms in total. The van der Waals surface area contributed by atoms with Gasteiger partial charge in [-0.05, 0) is 41.8 Å². The van der Waals surface area contributed by atoms with Crippen molar-refractivity contribution in [3.8, 4) is 5.75 Å². The minimum absolute atomic E-state index is 0.0587. The number of pyridine rings is 1. The SMILES string of the molecule is C=C(CC)C(=O)c1ccc(OCC(=O)OCc2ccncc2)c(Cl)c1Cl. The monoisotopic (exact) mass is 393 g/mol. The Labute approximate surface area is 161 Å². The van der Waals surface area contributed by atoms with E-state index in [2.05, 4.69) is 11.6 Å². The standard InChI is InChI=1S/C19H17Cl2NO4/c1-3-12(2)19(24)14-4-5-15(18(21)17(14)20)25-11-16(23)26-10-13-6-8-22-9-7-13/h4-9H,2-3,10-11H2,1H3. The fourth-order valence-corrected chi connectivity index (χ4v) is 2.45. The summed E-state index contributed by atoms with van der Waals surface area (Å²) in [6, 6.07) is 6.46. The van der Waals surface area contributed by atoms with Crippen LogP contribution < -0.4 is 4.74 Å². The first-order valence-electron chi connectivity index (χ1n) is 7.81. The molecule has 0 saturated heterocycles. The molecule has 0 spiro atoms. The Morgan fingerprint density at radius 2 is 1.81 bits per heavy atom. The summed E-state index contributed by atoms with van der Waals surface area (Å²) in [6.45, 7) is 5.30. The Hall–Kier alpha value is -2.37. The molecule has 2 rings (SSSR count). The molecule has 0 aliphatic heterocycles. The van der Waals surface area contributed by atoms with Gasteiger partial charge in [0.1, 0.15) is 17.4 Å². The summed E-state index contributed by atoms with van der Waals surface area (Å²) in [5.41, 5.74) is 1.49. The number of aromatic nitrogens is 1. The Kier molecular flexibility index (Phi) is 7.18. The predicted octanol–water partition coefficient (Wildman–Crippen LogP) is 4.66. The summed E-state index contributed by atoms with van der Waals surface area (Å²) in [5.74, 6) is -0.646. The zero-order chi connectivity index (χ0) is 19.1. The number of halogens is 2. The van der Waals surface area contributed by atoms with Crippen molar-refractivity contribution in [3.63, 3.8) is 0 Å². The van der Waals surface area contributed by atoms with E-state index in [1.807, 2.05) is 6.92 Å². The summed E-state index contributed by atoms with van der Waals surface area (Å²) in [4.78, 5) is 27.8. The second-order valence-electron chi connectivity index (χ2n) is 5.33. The molecule has 0 N–H and O–H groups in total. The Balaban J connectivity index is 1.97. The van der Waals surface area contributed by atoms with Gasteiger partial charge in [-0.15, -0.1) is 0 Å². The average molecular weight is 394 g/mol. The third-order valence-corrected chi connectivity index (χ3v) is 4.40. The van der Waals surface area contributed by atoms with Crippen LogP contribution in [0.3, 0.4) is 0 Å². The molecule has 0 amide bonds. The molecule has 0 unspecified atom stereocenters. The van der Waals surface area contributed by atoms with Crippen molar-refractivity contribution >= 4 is 35.0 Å². The van der Waals surface area contributed by atoms with Crippen LogP contribution in [0.5, 0.6) is 5.75 Å². The minimum atomic E-state index is -0.562. The van der Waals surface area contributed by atoms with Gasteiger partial charge in [-0.25, -0.2) is 4.79 Å². The van der Waals surface area contributed by atoms with Crippen LogP contribution in [0.4, 0.5) is 0 Å². The molecule has 1 heterocycles. The summed E-state index contributed by atoms with van der Waals surface area (Å²) < 4.78 is 10.4. The van der Waals surface area contributed by atoms with Crippen molar-refractivity contribution in [3.05, 3.63) is 70.0 Å². The maximum atomic E-state index is 12.2. The van der Waals surface area contributed by atoms with Crippen molar-refractivity contribution in [1.29, 1.82) is 0 Å². The van der Waals surface area contributed by atoms with Crippen molar-refractivity contribution in [2.24, 2.45) is 0 Å². The summed E-state index contributed by atoms with van der Waals surface area (Å²) >= 11 is 12.3. The van der Waals surface area contributed by atoms with Gasteiger partial charge in [0.05, 0.1) is 5.02 Å². The highest BCUT2D eigenvalue weighted by Gasteiger charge is 2.18. The van der Waals surface area contributed by atoms with Crippen LogP contribution in [0.1, 0.15) is 29.3 Å². The van der Waals surface area contributed by atoms with Gasteiger partial charge in [-0.2, -0.15) is 0 Å². The molecule has 0 aliphatic carbocycles. The molecular weight excluding hydrogens is 377 g/mol. The molecule has 1 aromatic heterocycles. The van der Waals surface area contributed by atoms with E-state index >= 15 is 0 Å². The lowest BCUT2D eigenvalue weighted by Gasteiger charge is -2.12. The first-order chi connectivity index (χ1) is 12.4. The summed E-state index contributed by atoms with van der Waals surface area (Å²) in [6.07, 6.45) is 3.73. The van der Waals surface area contributed by atoms with E-state index in [1.165, 1.54) is 12.1 Å². The number of benzene rings is 1.